The monoisotopic (exact) mass is 648 g/mol. The summed E-state index contributed by atoms with van der Waals surface area (Å²) in [6.45, 7) is 1.38. The summed E-state index contributed by atoms with van der Waals surface area (Å²) in [6, 6.07) is 15.0. The molecule has 3 aromatic carbocycles. The third kappa shape index (κ3) is 11.6. The zero-order valence-corrected chi connectivity index (χ0v) is 25.4. The SMILES string of the molecule is C[C@H](N[C@@H](CCc1ccccc1)C(=O)O)C(=O)N[C@@H](CC(=O)O)C(=O)N[C@@H](Cc1ccc(O)cc1)C(=O)Nc1ccc(C(=O)O)cc1. The molecule has 0 aromatic heterocycles. The lowest BCUT2D eigenvalue weighted by molar-refractivity contribution is -0.141. The Kier molecular flexibility index (Phi) is 13.0. The third-order valence-corrected chi connectivity index (χ3v) is 7.13. The molecule has 0 unspecified atom stereocenters. The van der Waals surface area contributed by atoms with Gasteiger partial charge in [-0.2, -0.15) is 0 Å². The Bertz CT molecular complexity index is 1560. The summed E-state index contributed by atoms with van der Waals surface area (Å²) in [5.41, 5.74) is 1.63. The Labute approximate surface area is 269 Å². The number of aryl methyl sites for hydroxylation is 1. The zero-order valence-electron chi connectivity index (χ0n) is 25.4. The van der Waals surface area contributed by atoms with Gasteiger partial charge in [0.2, 0.25) is 17.7 Å². The zero-order chi connectivity index (χ0) is 34.5. The smallest absolute Gasteiger partial charge is 0.335 e. The van der Waals surface area contributed by atoms with Gasteiger partial charge in [-0.3, -0.25) is 29.3 Å². The number of hydrogen-bond donors (Lipinski definition) is 8. The molecule has 14 nitrogen and oxygen atoms in total. The Morgan fingerprint density at radius 1 is 0.681 bits per heavy atom. The van der Waals surface area contributed by atoms with Crippen molar-refractivity contribution in [3.63, 3.8) is 0 Å². The summed E-state index contributed by atoms with van der Waals surface area (Å²) >= 11 is 0. The lowest BCUT2D eigenvalue weighted by Gasteiger charge is -2.25. The molecule has 0 bridgehead atoms. The van der Waals surface area contributed by atoms with Gasteiger partial charge in [-0.05, 0) is 67.3 Å². The summed E-state index contributed by atoms with van der Waals surface area (Å²) < 4.78 is 0. The second kappa shape index (κ2) is 17.1. The fraction of sp³-hybridized carbons (Fsp3) is 0.273. The minimum atomic E-state index is -1.64. The van der Waals surface area contributed by atoms with Crippen molar-refractivity contribution in [2.24, 2.45) is 0 Å². The summed E-state index contributed by atoms with van der Waals surface area (Å²) in [6.07, 6.45) is -0.371. The maximum Gasteiger partial charge on any atom is 0.335 e. The van der Waals surface area contributed by atoms with Gasteiger partial charge in [-0.25, -0.2) is 4.79 Å². The van der Waals surface area contributed by atoms with E-state index in [1.165, 1.54) is 55.5 Å². The van der Waals surface area contributed by atoms with E-state index < -0.39 is 66.2 Å². The molecule has 0 aliphatic heterocycles. The van der Waals surface area contributed by atoms with Gasteiger partial charge in [0.25, 0.3) is 0 Å². The number of carbonyl (C=O) groups is 6. The number of carboxylic acid groups (broad SMARTS) is 3. The standard InChI is InChI=1S/C33H36N4O10/c1-19(34-25(33(46)47)16-9-20-5-3-2-4-6-20)29(41)36-27(18-28(39)40)31(43)37-26(17-21-7-14-24(38)15-8-21)30(42)35-23-12-10-22(11-13-23)32(44)45/h2-8,10-15,19,25-27,34,38H,9,16-18H2,1H3,(H,35,42)(H,36,41)(H,37,43)(H,39,40)(H,44,45)(H,46,47)/t19-,25-,26-,27-/m0/s1. The van der Waals surface area contributed by atoms with E-state index in [0.717, 1.165) is 5.56 Å². The quantitative estimate of drug-likeness (QED) is 0.105. The fourth-order valence-corrected chi connectivity index (χ4v) is 4.57. The molecule has 4 atom stereocenters. The average molecular weight is 649 g/mol. The van der Waals surface area contributed by atoms with Crippen LogP contribution < -0.4 is 21.3 Å². The van der Waals surface area contributed by atoms with Gasteiger partial charge in [0, 0.05) is 12.1 Å². The van der Waals surface area contributed by atoms with Crippen LogP contribution in [0.15, 0.2) is 78.9 Å². The lowest BCUT2D eigenvalue weighted by Crippen LogP contribution is -2.57. The van der Waals surface area contributed by atoms with Gasteiger partial charge >= 0.3 is 17.9 Å². The van der Waals surface area contributed by atoms with E-state index in [-0.39, 0.29) is 29.8 Å². The van der Waals surface area contributed by atoms with Crippen LogP contribution in [0.3, 0.4) is 0 Å². The molecular weight excluding hydrogens is 612 g/mol. The summed E-state index contributed by atoms with van der Waals surface area (Å²) in [5, 5.41) is 48.0. The van der Waals surface area contributed by atoms with Gasteiger partial charge in [-0.15, -0.1) is 0 Å². The molecule has 0 spiro atoms. The Hall–Kier alpha value is -5.76. The number of phenolic OH excluding ortho intramolecular Hbond substituents is 1. The number of amides is 3. The number of aromatic hydroxyl groups is 1. The molecule has 0 saturated carbocycles. The topological polar surface area (TPSA) is 231 Å². The van der Waals surface area contributed by atoms with Crippen LogP contribution in [-0.2, 0) is 36.8 Å². The summed E-state index contributed by atoms with van der Waals surface area (Å²) in [5.74, 6) is -6.37. The van der Waals surface area contributed by atoms with E-state index in [1.54, 1.807) is 0 Å². The predicted molar refractivity (Wildman–Crippen MR) is 169 cm³/mol. The van der Waals surface area contributed by atoms with Gasteiger partial charge in [-0.1, -0.05) is 42.5 Å². The first kappa shape index (κ1) is 35.7. The molecule has 3 aromatic rings. The molecule has 14 heteroatoms. The molecule has 3 amide bonds. The van der Waals surface area contributed by atoms with E-state index >= 15 is 0 Å². The Morgan fingerprint density at radius 3 is 1.87 bits per heavy atom. The molecule has 0 heterocycles. The number of hydrogen-bond acceptors (Lipinski definition) is 8. The maximum atomic E-state index is 13.4. The highest BCUT2D eigenvalue weighted by molar-refractivity contribution is 6.00. The van der Waals surface area contributed by atoms with Crippen molar-refractivity contribution < 1.29 is 49.2 Å². The molecule has 3 rings (SSSR count). The van der Waals surface area contributed by atoms with Crippen LogP contribution in [0.1, 0.15) is 41.3 Å². The van der Waals surface area contributed by atoms with Crippen LogP contribution in [0.2, 0.25) is 0 Å². The number of carbonyl (C=O) groups excluding carboxylic acids is 3. The lowest BCUT2D eigenvalue weighted by atomic mass is 10.0. The number of nitrogens with one attached hydrogen (secondary N) is 4. The van der Waals surface area contributed by atoms with E-state index in [2.05, 4.69) is 21.3 Å². The number of phenols is 1. The van der Waals surface area contributed by atoms with Gasteiger partial charge in [0.05, 0.1) is 18.0 Å². The Balaban J connectivity index is 1.73. The number of aromatic carboxylic acids is 1. The van der Waals surface area contributed by atoms with Crippen LogP contribution in [0.25, 0.3) is 0 Å². The van der Waals surface area contributed by atoms with Crippen LogP contribution in [0, 0.1) is 0 Å². The number of rotatable bonds is 17. The largest absolute Gasteiger partial charge is 0.508 e. The summed E-state index contributed by atoms with van der Waals surface area (Å²) in [7, 11) is 0. The van der Waals surface area contributed by atoms with Crippen LogP contribution >= 0.6 is 0 Å². The minimum Gasteiger partial charge on any atom is -0.508 e. The van der Waals surface area contributed by atoms with Gasteiger partial charge in [0.15, 0.2) is 0 Å². The van der Waals surface area contributed by atoms with Crippen LogP contribution in [0.4, 0.5) is 5.69 Å². The number of anilines is 1. The molecule has 0 aliphatic carbocycles. The first-order valence-corrected chi connectivity index (χ1v) is 14.6. The fourth-order valence-electron chi connectivity index (χ4n) is 4.57. The van der Waals surface area contributed by atoms with E-state index in [4.69, 9.17) is 5.11 Å². The molecule has 47 heavy (non-hydrogen) atoms. The molecule has 0 saturated heterocycles. The number of carboxylic acids is 3. The normalized spacial score (nSPS) is 13.3. The van der Waals surface area contributed by atoms with Crippen LogP contribution in [0.5, 0.6) is 5.75 Å². The number of benzene rings is 3. The van der Waals surface area contributed by atoms with Crippen LogP contribution in [-0.4, -0.2) is 80.2 Å². The molecule has 0 aliphatic rings. The number of aliphatic carboxylic acids is 2. The van der Waals surface area contributed by atoms with Crippen molar-refractivity contribution in [3.8, 4) is 5.75 Å². The highest BCUT2D eigenvalue weighted by atomic mass is 16.4. The second-order valence-corrected chi connectivity index (χ2v) is 10.8. The van der Waals surface area contributed by atoms with E-state index in [0.29, 0.717) is 12.0 Å². The predicted octanol–water partition coefficient (Wildman–Crippen LogP) is 1.78. The third-order valence-electron chi connectivity index (χ3n) is 7.13. The second-order valence-electron chi connectivity index (χ2n) is 10.8. The highest BCUT2D eigenvalue weighted by Crippen LogP contribution is 2.15. The van der Waals surface area contributed by atoms with E-state index in [9.17, 15) is 44.1 Å². The van der Waals surface area contributed by atoms with Crippen molar-refractivity contribution in [3.05, 3.63) is 95.6 Å². The van der Waals surface area contributed by atoms with Crippen molar-refractivity contribution in [2.45, 2.75) is 56.8 Å². The van der Waals surface area contributed by atoms with E-state index in [1.807, 2.05) is 30.3 Å². The maximum absolute atomic E-state index is 13.4. The van der Waals surface area contributed by atoms with Crippen molar-refractivity contribution in [1.29, 1.82) is 0 Å². The highest BCUT2D eigenvalue weighted by Gasteiger charge is 2.31. The molecule has 248 valence electrons. The molecule has 0 radical (unpaired) electrons. The molecular formula is C33H36N4O10. The summed E-state index contributed by atoms with van der Waals surface area (Å²) in [4.78, 5) is 74.4. The minimum absolute atomic E-state index is 0.0150. The van der Waals surface area contributed by atoms with Gasteiger partial charge in [0.1, 0.15) is 23.9 Å². The van der Waals surface area contributed by atoms with Gasteiger partial charge < -0.3 is 36.4 Å². The van der Waals surface area contributed by atoms with Crippen molar-refractivity contribution in [2.75, 3.05) is 5.32 Å². The average Bonchev–Trinajstić information content (AvgIpc) is 3.03. The first-order chi connectivity index (χ1) is 22.3. The van der Waals surface area contributed by atoms with Crippen molar-refractivity contribution >= 4 is 41.3 Å². The first-order valence-electron chi connectivity index (χ1n) is 14.6. The molecule has 0 fully saturated rings. The Morgan fingerprint density at radius 2 is 1.30 bits per heavy atom. The van der Waals surface area contributed by atoms with Crippen molar-refractivity contribution in [1.82, 2.24) is 16.0 Å². The molecule has 8 N–H and O–H groups in total.